The van der Waals surface area contributed by atoms with E-state index in [2.05, 4.69) is 89.7 Å². The largest absolute Gasteiger partial charge is 0.369 e. The van der Waals surface area contributed by atoms with Crippen LogP contribution in [0.1, 0.15) is 45.7 Å². The molecule has 1 aliphatic heterocycles. The van der Waals surface area contributed by atoms with Crippen LogP contribution in [0.15, 0.2) is 22.7 Å². The number of benzene rings is 1. The number of hydrogen-bond acceptors (Lipinski definition) is 2. The first kappa shape index (κ1) is 16.7. The number of nitrogens with one attached hydrogen (secondary N) is 1. The van der Waals surface area contributed by atoms with E-state index < -0.39 is 0 Å². The van der Waals surface area contributed by atoms with Gasteiger partial charge in [0.1, 0.15) is 0 Å². The molecule has 0 aromatic heterocycles. The minimum absolute atomic E-state index is 0.0579. The highest BCUT2D eigenvalue weighted by molar-refractivity contribution is 14.1. The zero-order valence-electron chi connectivity index (χ0n) is 12.8. The van der Waals surface area contributed by atoms with E-state index in [-0.39, 0.29) is 17.2 Å². The van der Waals surface area contributed by atoms with Gasteiger partial charge in [-0.3, -0.25) is 0 Å². The Balaban J connectivity index is 2.40. The van der Waals surface area contributed by atoms with Gasteiger partial charge in [-0.15, -0.1) is 0 Å². The molecular weight excluding hydrogens is 429 g/mol. The summed E-state index contributed by atoms with van der Waals surface area (Å²) in [7, 11) is 2.04. The zero-order valence-corrected chi connectivity index (χ0v) is 16.5. The fourth-order valence-corrected chi connectivity index (χ4v) is 4.46. The third-order valence-electron chi connectivity index (χ3n) is 4.15. The van der Waals surface area contributed by atoms with Gasteiger partial charge < -0.3 is 10.1 Å². The van der Waals surface area contributed by atoms with E-state index in [4.69, 9.17) is 4.74 Å². The maximum absolute atomic E-state index is 6.27. The molecule has 0 amide bonds. The van der Waals surface area contributed by atoms with Gasteiger partial charge in [0.05, 0.1) is 11.2 Å². The van der Waals surface area contributed by atoms with Crippen molar-refractivity contribution in [1.29, 1.82) is 0 Å². The Morgan fingerprint density at radius 3 is 2.50 bits per heavy atom. The molecule has 2 rings (SSSR count). The van der Waals surface area contributed by atoms with Gasteiger partial charge in [-0.25, -0.2) is 0 Å². The van der Waals surface area contributed by atoms with Gasteiger partial charge in [-0.2, -0.15) is 0 Å². The van der Waals surface area contributed by atoms with E-state index >= 15 is 0 Å². The summed E-state index contributed by atoms with van der Waals surface area (Å²) < 4.78 is 8.69. The predicted octanol–water partition coefficient (Wildman–Crippen LogP) is 4.91. The summed E-state index contributed by atoms with van der Waals surface area (Å²) in [4.78, 5) is 0. The Kier molecular flexibility index (Phi) is 4.90. The molecule has 1 saturated heterocycles. The lowest BCUT2D eigenvalue weighted by atomic mass is 9.79. The smallest absolute Gasteiger partial charge is 0.0681 e. The molecule has 1 aromatic rings. The summed E-state index contributed by atoms with van der Waals surface area (Å²) in [6.07, 6.45) is 1.06. The van der Waals surface area contributed by atoms with E-state index in [0.717, 1.165) is 10.9 Å². The first-order valence-corrected chi connectivity index (χ1v) is 8.86. The van der Waals surface area contributed by atoms with Crippen LogP contribution in [0.4, 0.5) is 0 Å². The summed E-state index contributed by atoms with van der Waals surface area (Å²) >= 11 is 6.07. The van der Waals surface area contributed by atoms with Crippen molar-refractivity contribution in [3.63, 3.8) is 0 Å². The first-order valence-electron chi connectivity index (χ1n) is 6.99. The van der Waals surface area contributed by atoms with Crippen LogP contribution in [0, 0.1) is 9.49 Å². The highest BCUT2D eigenvalue weighted by Crippen LogP contribution is 2.48. The lowest BCUT2D eigenvalue weighted by Crippen LogP contribution is -2.37. The van der Waals surface area contributed by atoms with Crippen molar-refractivity contribution in [2.45, 2.75) is 51.4 Å². The van der Waals surface area contributed by atoms with Crippen LogP contribution in [0.2, 0.25) is 0 Å². The van der Waals surface area contributed by atoms with Gasteiger partial charge in [0, 0.05) is 20.0 Å². The minimum atomic E-state index is -0.127. The van der Waals surface area contributed by atoms with Gasteiger partial charge in [0.15, 0.2) is 0 Å². The molecule has 0 spiro atoms. The van der Waals surface area contributed by atoms with E-state index in [1.807, 2.05) is 7.05 Å². The second-order valence-corrected chi connectivity index (χ2v) is 8.81. The average Bonchev–Trinajstić information content (AvgIpc) is 2.53. The van der Waals surface area contributed by atoms with Crippen LogP contribution >= 0.6 is 38.5 Å². The highest BCUT2D eigenvalue weighted by Gasteiger charge is 2.49. The van der Waals surface area contributed by atoms with Crippen molar-refractivity contribution >= 4 is 38.5 Å². The minimum Gasteiger partial charge on any atom is -0.369 e. The molecule has 1 N–H and O–H groups in total. The second-order valence-electron chi connectivity index (χ2n) is 6.71. The Labute approximate surface area is 144 Å². The fraction of sp³-hybridized carbons (Fsp3) is 0.625. The Morgan fingerprint density at radius 1 is 1.35 bits per heavy atom. The molecule has 0 bridgehead atoms. The SMILES string of the molecule is CNC(c1cc(I)ccc1Br)C1CC(C)(C)OC1(C)C. The van der Waals surface area contributed by atoms with Crippen LogP contribution in [0.3, 0.4) is 0 Å². The van der Waals surface area contributed by atoms with E-state index in [9.17, 15) is 0 Å². The van der Waals surface area contributed by atoms with Crippen LogP contribution in [0.25, 0.3) is 0 Å². The zero-order chi connectivity index (χ0) is 15.1. The summed E-state index contributed by atoms with van der Waals surface area (Å²) in [5, 5.41) is 3.51. The monoisotopic (exact) mass is 451 g/mol. The molecule has 0 radical (unpaired) electrons. The Hall–Kier alpha value is 0.350. The molecule has 1 heterocycles. The maximum Gasteiger partial charge on any atom is 0.0681 e. The lowest BCUT2D eigenvalue weighted by Gasteiger charge is -2.33. The normalized spacial score (nSPS) is 25.6. The van der Waals surface area contributed by atoms with Gasteiger partial charge in [0.25, 0.3) is 0 Å². The molecule has 2 unspecified atom stereocenters. The Bertz CT molecular complexity index is 501. The predicted molar refractivity (Wildman–Crippen MR) is 96.0 cm³/mol. The van der Waals surface area contributed by atoms with Crippen molar-refractivity contribution in [2.75, 3.05) is 7.05 Å². The molecule has 2 nitrogen and oxygen atoms in total. The standard InChI is InChI=1S/C16H23BrINO/c1-15(2)9-12(16(3,4)20-15)14(19-5)11-8-10(18)6-7-13(11)17/h6-8,12,14,19H,9H2,1-5H3. The van der Waals surface area contributed by atoms with Gasteiger partial charge in [-0.1, -0.05) is 15.9 Å². The molecule has 4 heteroatoms. The molecule has 1 fully saturated rings. The van der Waals surface area contributed by atoms with Gasteiger partial charge >= 0.3 is 0 Å². The topological polar surface area (TPSA) is 21.3 Å². The lowest BCUT2D eigenvalue weighted by molar-refractivity contribution is -0.0777. The Morgan fingerprint density at radius 2 is 2.00 bits per heavy atom. The van der Waals surface area contributed by atoms with E-state index in [1.54, 1.807) is 0 Å². The molecular formula is C16H23BrINO. The number of hydrogen-bond donors (Lipinski definition) is 1. The van der Waals surface area contributed by atoms with Crippen molar-refractivity contribution in [3.05, 3.63) is 31.8 Å². The summed E-state index contributed by atoms with van der Waals surface area (Å²) in [6.45, 7) is 8.79. The van der Waals surface area contributed by atoms with Crippen LogP contribution < -0.4 is 5.32 Å². The van der Waals surface area contributed by atoms with Crippen molar-refractivity contribution in [3.8, 4) is 0 Å². The maximum atomic E-state index is 6.27. The molecule has 2 atom stereocenters. The van der Waals surface area contributed by atoms with Crippen molar-refractivity contribution in [1.82, 2.24) is 5.32 Å². The molecule has 20 heavy (non-hydrogen) atoms. The molecule has 0 saturated carbocycles. The number of ether oxygens (including phenoxy) is 1. The molecule has 112 valence electrons. The van der Waals surface area contributed by atoms with Gasteiger partial charge in [-0.05, 0) is 87.5 Å². The van der Waals surface area contributed by atoms with E-state index in [0.29, 0.717) is 5.92 Å². The summed E-state index contributed by atoms with van der Waals surface area (Å²) in [6, 6.07) is 6.81. The van der Waals surface area contributed by atoms with Crippen LogP contribution in [-0.4, -0.2) is 18.2 Å². The number of halogens is 2. The van der Waals surface area contributed by atoms with E-state index in [1.165, 1.54) is 9.13 Å². The van der Waals surface area contributed by atoms with Crippen molar-refractivity contribution in [2.24, 2.45) is 5.92 Å². The fourth-order valence-electron chi connectivity index (χ4n) is 3.45. The number of rotatable bonds is 3. The third kappa shape index (κ3) is 3.39. The second kappa shape index (κ2) is 5.86. The molecule has 0 aliphatic carbocycles. The van der Waals surface area contributed by atoms with Gasteiger partial charge in [0.2, 0.25) is 0 Å². The molecule has 1 aromatic carbocycles. The first-order chi connectivity index (χ1) is 9.16. The summed E-state index contributed by atoms with van der Waals surface area (Å²) in [5.41, 5.74) is 1.13. The highest BCUT2D eigenvalue weighted by atomic mass is 127. The average molecular weight is 452 g/mol. The van der Waals surface area contributed by atoms with Crippen molar-refractivity contribution < 1.29 is 4.74 Å². The quantitative estimate of drug-likeness (QED) is 0.659. The van der Waals surface area contributed by atoms with Crippen LogP contribution in [0.5, 0.6) is 0 Å². The third-order valence-corrected chi connectivity index (χ3v) is 5.54. The summed E-state index contributed by atoms with van der Waals surface area (Å²) in [5.74, 6) is 0.442. The molecule has 1 aliphatic rings. The van der Waals surface area contributed by atoms with Crippen LogP contribution in [-0.2, 0) is 4.74 Å².